The van der Waals surface area contributed by atoms with Crippen molar-refractivity contribution in [3.63, 3.8) is 0 Å². The fourth-order valence-electron chi connectivity index (χ4n) is 5.25. The molecule has 0 spiro atoms. The molecule has 4 heteroatoms. The monoisotopic (exact) mass is 318 g/mol. The highest BCUT2D eigenvalue weighted by atomic mass is 19.3. The molecule has 0 bridgehead atoms. The van der Waals surface area contributed by atoms with E-state index in [9.17, 15) is 0 Å². The van der Waals surface area contributed by atoms with E-state index in [1.165, 1.54) is 25.7 Å². The highest BCUT2D eigenvalue weighted by molar-refractivity contribution is 4.95. The Balaban J connectivity index is 2.04. The molecule has 0 saturated heterocycles. The van der Waals surface area contributed by atoms with Gasteiger partial charge in [0.25, 0.3) is 5.92 Å². The van der Waals surface area contributed by atoms with E-state index in [0.29, 0.717) is 30.7 Å². The normalized spacial score (nSPS) is 40.6. The molecule has 130 valence electrons. The molecule has 2 aliphatic carbocycles. The number of halogens is 2. The van der Waals surface area contributed by atoms with Gasteiger partial charge in [-0.2, -0.15) is 0 Å². The Morgan fingerprint density at radius 2 is 1.59 bits per heavy atom. The molecule has 6 unspecified atom stereocenters. The van der Waals surface area contributed by atoms with Gasteiger partial charge in [0.05, 0.1) is 18.0 Å². The molecule has 6 N–H and O–H groups in total. The third kappa shape index (κ3) is 3.64. The van der Waals surface area contributed by atoms with Gasteiger partial charge in [-0.1, -0.05) is 27.2 Å². The first-order valence-electron chi connectivity index (χ1n) is 9.29. The van der Waals surface area contributed by atoms with Crippen molar-refractivity contribution < 1.29 is 20.2 Å². The number of alkyl halides is 2. The summed E-state index contributed by atoms with van der Waals surface area (Å²) in [4.78, 5) is 0. The maximum Gasteiger partial charge on any atom is 0.259 e. The number of hydrogen-bond donors (Lipinski definition) is 2. The Morgan fingerprint density at radius 3 is 2.18 bits per heavy atom. The Morgan fingerprint density at radius 1 is 0.955 bits per heavy atom. The Hall–Kier alpha value is -0.220. The van der Waals surface area contributed by atoms with Crippen molar-refractivity contribution in [1.29, 1.82) is 0 Å². The van der Waals surface area contributed by atoms with E-state index in [4.69, 9.17) is 0 Å². The van der Waals surface area contributed by atoms with E-state index >= 15 is 8.78 Å². The van der Waals surface area contributed by atoms with Gasteiger partial charge in [-0.25, -0.2) is 8.78 Å². The molecule has 0 heterocycles. The lowest BCUT2D eigenvalue weighted by molar-refractivity contribution is -0.459. The van der Waals surface area contributed by atoms with Crippen molar-refractivity contribution in [1.82, 2.24) is 0 Å². The summed E-state index contributed by atoms with van der Waals surface area (Å²) in [5, 5.41) is 0. The molecular formula is C18H36F2N2+2. The number of rotatable bonds is 4. The van der Waals surface area contributed by atoms with Gasteiger partial charge in [0.1, 0.15) is 0 Å². The molecule has 0 aromatic rings. The second-order valence-electron chi connectivity index (χ2n) is 8.40. The molecule has 0 radical (unpaired) electrons. The standard InChI is InChI=1S/C18H34F2N2/c1-11(2)17-16(22)9-8-13(18(17,19)20)10-12(3)14-6-4-5-7-15(14)21/h11-17H,4-10,21-22H2,1-3H3/p+2. The summed E-state index contributed by atoms with van der Waals surface area (Å²) in [6.07, 6.45) is 7.02. The van der Waals surface area contributed by atoms with Crippen LogP contribution in [0.5, 0.6) is 0 Å². The van der Waals surface area contributed by atoms with Gasteiger partial charge in [-0.15, -0.1) is 0 Å². The highest BCUT2D eigenvalue weighted by Gasteiger charge is 2.55. The summed E-state index contributed by atoms with van der Waals surface area (Å²) in [5.74, 6) is -2.65. The first-order valence-corrected chi connectivity index (χ1v) is 9.29. The summed E-state index contributed by atoms with van der Waals surface area (Å²) < 4.78 is 30.0. The largest absolute Gasteiger partial charge is 0.355 e. The van der Waals surface area contributed by atoms with Crippen LogP contribution in [0.3, 0.4) is 0 Å². The van der Waals surface area contributed by atoms with Gasteiger partial charge in [-0.3, -0.25) is 0 Å². The maximum absolute atomic E-state index is 15.0. The highest BCUT2D eigenvalue weighted by Crippen LogP contribution is 2.48. The quantitative estimate of drug-likeness (QED) is 0.801. The topological polar surface area (TPSA) is 55.3 Å². The molecule has 22 heavy (non-hydrogen) atoms. The van der Waals surface area contributed by atoms with E-state index in [1.807, 2.05) is 13.8 Å². The summed E-state index contributed by atoms with van der Waals surface area (Å²) in [6, 6.07) is 0.360. The van der Waals surface area contributed by atoms with Gasteiger partial charge >= 0.3 is 0 Å². The van der Waals surface area contributed by atoms with Crippen molar-refractivity contribution in [3.05, 3.63) is 0 Å². The van der Waals surface area contributed by atoms with Crippen molar-refractivity contribution in [2.24, 2.45) is 29.6 Å². The minimum absolute atomic E-state index is 0.00544. The fourth-order valence-corrected chi connectivity index (χ4v) is 5.25. The first kappa shape index (κ1) is 18.1. The zero-order valence-corrected chi connectivity index (χ0v) is 14.7. The van der Waals surface area contributed by atoms with Crippen LogP contribution >= 0.6 is 0 Å². The SMILES string of the molecule is CC(C)C1C([NH3+])CCC(CC(C)C2CCCCC2[NH3+])C1(F)F. The maximum atomic E-state index is 15.0. The predicted octanol–water partition coefficient (Wildman–Crippen LogP) is 2.74. The molecule has 2 fully saturated rings. The third-order valence-corrected chi connectivity index (χ3v) is 6.46. The van der Waals surface area contributed by atoms with Crippen molar-refractivity contribution in [2.75, 3.05) is 0 Å². The molecule has 0 aromatic carbocycles. The molecule has 0 aliphatic heterocycles. The smallest absolute Gasteiger partial charge is 0.259 e. The van der Waals surface area contributed by atoms with E-state index in [2.05, 4.69) is 18.4 Å². The van der Waals surface area contributed by atoms with E-state index in [-0.39, 0.29) is 12.0 Å². The average molecular weight is 318 g/mol. The zero-order chi connectivity index (χ0) is 16.5. The van der Waals surface area contributed by atoms with Crippen LogP contribution < -0.4 is 11.5 Å². The predicted molar refractivity (Wildman–Crippen MR) is 85.1 cm³/mol. The molecular weight excluding hydrogens is 282 g/mol. The van der Waals surface area contributed by atoms with Crippen LogP contribution in [0.4, 0.5) is 8.78 Å². The Kier molecular flexibility index (Phi) is 5.87. The fraction of sp³-hybridized carbons (Fsp3) is 1.00. The lowest BCUT2D eigenvalue weighted by Gasteiger charge is -2.43. The van der Waals surface area contributed by atoms with Gasteiger partial charge in [0.15, 0.2) is 0 Å². The zero-order valence-electron chi connectivity index (χ0n) is 14.7. The van der Waals surface area contributed by atoms with Crippen LogP contribution in [0.25, 0.3) is 0 Å². The van der Waals surface area contributed by atoms with Crippen molar-refractivity contribution in [2.45, 2.75) is 83.7 Å². The molecule has 2 saturated carbocycles. The van der Waals surface area contributed by atoms with Crippen LogP contribution in [0.2, 0.25) is 0 Å². The lowest BCUT2D eigenvalue weighted by atomic mass is 9.66. The van der Waals surface area contributed by atoms with Crippen molar-refractivity contribution in [3.8, 4) is 0 Å². The summed E-state index contributed by atoms with van der Waals surface area (Å²) in [6.45, 7) is 6.04. The Bertz CT molecular complexity index is 359. The number of hydrogen-bond acceptors (Lipinski definition) is 0. The molecule has 6 atom stereocenters. The van der Waals surface area contributed by atoms with Gasteiger partial charge < -0.3 is 11.5 Å². The second-order valence-corrected chi connectivity index (χ2v) is 8.40. The van der Waals surface area contributed by atoms with Gasteiger partial charge in [0, 0.05) is 18.3 Å². The van der Waals surface area contributed by atoms with E-state index in [1.54, 1.807) is 0 Å². The third-order valence-electron chi connectivity index (χ3n) is 6.46. The summed E-state index contributed by atoms with van der Waals surface area (Å²) in [5.41, 5.74) is 8.31. The van der Waals surface area contributed by atoms with Crippen molar-refractivity contribution >= 4 is 0 Å². The molecule has 2 rings (SSSR count). The first-order chi connectivity index (χ1) is 10.2. The minimum Gasteiger partial charge on any atom is -0.355 e. The van der Waals surface area contributed by atoms with Gasteiger partial charge in [0.2, 0.25) is 0 Å². The van der Waals surface area contributed by atoms with Crippen LogP contribution in [-0.4, -0.2) is 18.0 Å². The lowest BCUT2D eigenvalue weighted by Crippen LogP contribution is -2.71. The molecule has 2 aliphatic rings. The molecule has 2 nitrogen and oxygen atoms in total. The summed E-state index contributed by atoms with van der Waals surface area (Å²) in [7, 11) is 0. The van der Waals surface area contributed by atoms with Gasteiger partial charge in [-0.05, 0) is 43.9 Å². The van der Waals surface area contributed by atoms with Crippen LogP contribution in [0, 0.1) is 29.6 Å². The summed E-state index contributed by atoms with van der Waals surface area (Å²) >= 11 is 0. The average Bonchev–Trinajstić information content (AvgIpc) is 2.41. The van der Waals surface area contributed by atoms with Crippen LogP contribution in [0.1, 0.15) is 65.7 Å². The second kappa shape index (κ2) is 7.12. The van der Waals surface area contributed by atoms with Crippen LogP contribution in [0.15, 0.2) is 0 Å². The minimum atomic E-state index is -2.56. The van der Waals surface area contributed by atoms with E-state index < -0.39 is 17.8 Å². The molecule has 0 aromatic heterocycles. The molecule has 0 amide bonds. The Labute approximate surface area is 134 Å². The number of quaternary nitrogens is 2. The van der Waals surface area contributed by atoms with E-state index in [0.717, 1.165) is 6.42 Å². The van der Waals surface area contributed by atoms with Crippen LogP contribution in [-0.2, 0) is 0 Å².